The van der Waals surface area contributed by atoms with Gasteiger partial charge in [-0.1, -0.05) is 25.1 Å². The summed E-state index contributed by atoms with van der Waals surface area (Å²) in [4.78, 5) is 18.0. The number of rotatable bonds is 2. The van der Waals surface area contributed by atoms with Crippen LogP contribution in [0.3, 0.4) is 0 Å². The number of aryl methyl sites for hydroxylation is 1. The SMILES string of the molecule is CC1CCc2nc3ccccc3c(C(=O)NC3CCSCC3)c2C1. The summed E-state index contributed by atoms with van der Waals surface area (Å²) in [7, 11) is 0. The number of hydrogen-bond acceptors (Lipinski definition) is 3. The summed E-state index contributed by atoms with van der Waals surface area (Å²) in [6, 6.07) is 8.42. The number of nitrogens with one attached hydrogen (secondary N) is 1. The lowest BCUT2D eigenvalue weighted by Gasteiger charge is -2.27. The Morgan fingerprint density at radius 2 is 2.00 bits per heavy atom. The molecule has 0 spiro atoms. The van der Waals surface area contributed by atoms with Crippen LogP contribution >= 0.6 is 11.8 Å². The molecule has 126 valence electrons. The third-order valence-electron chi connectivity index (χ3n) is 5.29. The molecule has 0 saturated carbocycles. The molecule has 0 bridgehead atoms. The van der Waals surface area contributed by atoms with E-state index >= 15 is 0 Å². The maximum Gasteiger partial charge on any atom is 0.252 e. The van der Waals surface area contributed by atoms with Gasteiger partial charge in [-0.15, -0.1) is 0 Å². The average Bonchev–Trinajstić information content (AvgIpc) is 2.60. The van der Waals surface area contributed by atoms with E-state index in [2.05, 4.69) is 12.2 Å². The van der Waals surface area contributed by atoms with Crippen LogP contribution in [0.4, 0.5) is 0 Å². The van der Waals surface area contributed by atoms with E-state index in [-0.39, 0.29) is 5.91 Å². The van der Waals surface area contributed by atoms with Crippen LogP contribution in [0.15, 0.2) is 24.3 Å². The monoisotopic (exact) mass is 340 g/mol. The molecule has 1 aliphatic heterocycles. The lowest BCUT2D eigenvalue weighted by atomic mass is 9.84. The zero-order valence-electron chi connectivity index (χ0n) is 14.2. The molecule has 0 radical (unpaired) electrons. The zero-order valence-corrected chi connectivity index (χ0v) is 15.0. The predicted molar refractivity (Wildman–Crippen MR) is 101 cm³/mol. The summed E-state index contributed by atoms with van der Waals surface area (Å²) in [5.41, 5.74) is 4.17. The van der Waals surface area contributed by atoms with E-state index in [0.29, 0.717) is 12.0 Å². The Morgan fingerprint density at radius 3 is 2.83 bits per heavy atom. The van der Waals surface area contributed by atoms with Gasteiger partial charge in [0.25, 0.3) is 5.91 Å². The Morgan fingerprint density at radius 1 is 1.21 bits per heavy atom. The molecule has 4 heteroatoms. The first-order chi connectivity index (χ1) is 11.7. The molecular weight excluding hydrogens is 316 g/mol. The van der Waals surface area contributed by atoms with Crippen molar-refractivity contribution in [3.63, 3.8) is 0 Å². The fourth-order valence-corrected chi connectivity index (χ4v) is 5.03. The number of carbonyl (C=O) groups is 1. The van der Waals surface area contributed by atoms with Crippen LogP contribution < -0.4 is 5.32 Å². The quantitative estimate of drug-likeness (QED) is 0.899. The first-order valence-electron chi connectivity index (χ1n) is 9.01. The highest BCUT2D eigenvalue weighted by Gasteiger charge is 2.26. The molecule has 1 unspecified atom stereocenters. The number of carbonyl (C=O) groups excluding carboxylic acids is 1. The van der Waals surface area contributed by atoms with Crippen LogP contribution in [-0.2, 0) is 12.8 Å². The number of hydrogen-bond donors (Lipinski definition) is 1. The number of thioether (sulfide) groups is 1. The molecular formula is C20H24N2OS. The van der Waals surface area contributed by atoms with E-state index in [9.17, 15) is 4.79 Å². The maximum atomic E-state index is 13.2. The third-order valence-corrected chi connectivity index (χ3v) is 6.34. The van der Waals surface area contributed by atoms with Crippen LogP contribution in [0.2, 0.25) is 0 Å². The fraction of sp³-hybridized carbons (Fsp3) is 0.500. The van der Waals surface area contributed by atoms with Crippen LogP contribution in [0.1, 0.15) is 47.8 Å². The van der Waals surface area contributed by atoms with E-state index < -0.39 is 0 Å². The average molecular weight is 340 g/mol. The normalized spacial score (nSPS) is 21.5. The first-order valence-corrected chi connectivity index (χ1v) is 10.2. The fourth-order valence-electron chi connectivity index (χ4n) is 3.92. The second-order valence-corrected chi connectivity index (χ2v) is 8.36. The van der Waals surface area contributed by atoms with Crippen molar-refractivity contribution in [2.45, 2.75) is 45.1 Å². The second-order valence-electron chi connectivity index (χ2n) is 7.14. The van der Waals surface area contributed by atoms with Gasteiger partial charge in [0.05, 0.1) is 11.1 Å². The van der Waals surface area contributed by atoms with Crippen molar-refractivity contribution in [1.29, 1.82) is 0 Å². The Kier molecular flexibility index (Phi) is 4.49. The van der Waals surface area contributed by atoms with Crippen LogP contribution in [0.25, 0.3) is 10.9 Å². The first kappa shape index (κ1) is 15.9. The molecule has 24 heavy (non-hydrogen) atoms. The van der Waals surface area contributed by atoms with Crippen molar-refractivity contribution < 1.29 is 4.79 Å². The standard InChI is InChI=1S/C20H24N2OS/c1-13-6-7-18-16(12-13)19(15-4-2-3-5-17(15)22-18)20(23)21-14-8-10-24-11-9-14/h2-5,13-14H,6-12H2,1H3,(H,21,23). The molecule has 1 atom stereocenters. The number of amides is 1. The van der Waals surface area contributed by atoms with Gasteiger partial charge in [-0.2, -0.15) is 11.8 Å². The van der Waals surface area contributed by atoms with Gasteiger partial charge < -0.3 is 5.32 Å². The van der Waals surface area contributed by atoms with Gasteiger partial charge in [0.1, 0.15) is 0 Å². The maximum absolute atomic E-state index is 13.2. The van der Waals surface area contributed by atoms with Crippen LogP contribution in [-0.4, -0.2) is 28.4 Å². The van der Waals surface area contributed by atoms with Gasteiger partial charge in [-0.25, -0.2) is 0 Å². The number of nitrogens with zero attached hydrogens (tertiary/aromatic N) is 1. The Balaban J connectivity index is 1.76. The van der Waals surface area contributed by atoms with E-state index in [1.165, 1.54) is 12.0 Å². The van der Waals surface area contributed by atoms with E-state index in [1.807, 2.05) is 36.0 Å². The lowest BCUT2D eigenvalue weighted by Crippen LogP contribution is -2.38. The Labute approximate surface area is 147 Å². The summed E-state index contributed by atoms with van der Waals surface area (Å²) >= 11 is 1.99. The molecule has 1 saturated heterocycles. The predicted octanol–water partition coefficient (Wildman–Crippen LogP) is 3.99. The Hall–Kier alpha value is -1.55. The number of para-hydroxylation sites is 1. The molecule has 1 N–H and O–H groups in total. The van der Waals surface area contributed by atoms with E-state index in [1.54, 1.807) is 0 Å². The zero-order chi connectivity index (χ0) is 16.5. The van der Waals surface area contributed by atoms with Gasteiger partial charge in [0, 0.05) is 17.1 Å². The third kappa shape index (κ3) is 3.04. The minimum atomic E-state index is 0.107. The van der Waals surface area contributed by atoms with Crippen LogP contribution in [0.5, 0.6) is 0 Å². The van der Waals surface area contributed by atoms with Crippen molar-refractivity contribution in [3.8, 4) is 0 Å². The lowest BCUT2D eigenvalue weighted by molar-refractivity contribution is 0.0935. The van der Waals surface area contributed by atoms with Gasteiger partial charge in [-0.3, -0.25) is 9.78 Å². The molecule has 1 fully saturated rings. The molecule has 1 aromatic heterocycles. The summed E-state index contributed by atoms with van der Waals surface area (Å²) in [5.74, 6) is 3.03. The summed E-state index contributed by atoms with van der Waals surface area (Å²) < 4.78 is 0. The summed E-state index contributed by atoms with van der Waals surface area (Å²) in [5, 5.41) is 4.32. The largest absolute Gasteiger partial charge is 0.349 e. The molecule has 1 aliphatic carbocycles. The summed E-state index contributed by atoms with van der Waals surface area (Å²) in [6.07, 6.45) is 5.29. The van der Waals surface area contributed by atoms with Gasteiger partial charge in [-0.05, 0) is 61.2 Å². The van der Waals surface area contributed by atoms with Crippen molar-refractivity contribution in [2.24, 2.45) is 5.92 Å². The van der Waals surface area contributed by atoms with Crippen molar-refractivity contribution in [1.82, 2.24) is 10.3 Å². The van der Waals surface area contributed by atoms with Crippen molar-refractivity contribution in [3.05, 3.63) is 41.1 Å². The number of benzene rings is 1. The Bertz CT molecular complexity index is 768. The molecule has 2 aliphatic rings. The molecule has 2 aromatic rings. The number of fused-ring (bicyclic) bond motifs is 2. The van der Waals surface area contributed by atoms with E-state index in [4.69, 9.17) is 4.98 Å². The number of pyridine rings is 1. The van der Waals surface area contributed by atoms with Gasteiger partial charge >= 0.3 is 0 Å². The highest BCUT2D eigenvalue weighted by molar-refractivity contribution is 7.99. The highest BCUT2D eigenvalue weighted by Crippen LogP contribution is 2.31. The summed E-state index contributed by atoms with van der Waals surface area (Å²) in [6.45, 7) is 2.28. The smallest absolute Gasteiger partial charge is 0.252 e. The van der Waals surface area contributed by atoms with Gasteiger partial charge in [0.15, 0.2) is 0 Å². The number of aromatic nitrogens is 1. The van der Waals surface area contributed by atoms with Gasteiger partial charge in [0.2, 0.25) is 0 Å². The molecule has 3 nitrogen and oxygen atoms in total. The minimum Gasteiger partial charge on any atom is -0.349 e. The van der Waals surface area contributed by atoms with Crippen molar-refractivity contribution >= 4 is 28.6 Å². The minimum absolute atomic E-state index is 0.107. The molecule has 4 rings (SSSR count). The van der Waals surface area contributed by atoms with Crippen LogP contribution in [0, 0.1) is 5.92 Å². The molecule has 2 heterocycles. The molecule has 1 amide bonds. The second kappa shape index (κ2) is 6.75. The molecule has 1 aromatic carbocycles. The topological polar surface area (TPSA) is 42.0 Å². The van der Waals surface area contributed by atoms with Crippen molar-refractivity contribution in [2.75, 3.05) is 11.5 Å². The van der Waals surface area contributed by atoms with E-state index in [0.717, 1.165) is 59.3 Å². The highest BCUT2D eigenvalue weighted by atomic mass is 32.2.